The molecule has 0 radical (unpaired) electrons. The number of amides is 2. The molecule has 1 fully saturated rings. The van der Waals surface area contributed by atoms with Gasteiger partial charge in [0, 0.05) is 5.75 Å². The number of hydrogen-bond donors (Lipinski definition) is 3. The molecule has 0 heterocycles. The molecule has 0 bridgehead atoms. The van der Waals surface area contributed by atoms with Gasteiger partial charge < -0.3 is 15.7 Å². The van der Waals surface area contributed by atoms with Gasteiger partial charge in [0.1, 0.15) is 0 Å². The first-order valence-corrected chi connectivity index (χ1v) is 8.72. The van der Waals surface area contributed by atoms with Crippen LogP contribution in [0.15, 0.2) is 30.3 Å². The van der Waals surface area contributed by atoms with Crippen LogP contribution in [0.4, 0.5) is 4.79 Å². The van der Waals surface area contributed by atoms with Crippen LogP contribution in [-0.4, -0.2) is 35.3 Å². The smallest absolute Gasteiger partial charge is 0.315 e. The third-order valence-electron chi connectivity index (χ3n) is 4.05. The van der Waals surface area contributed by atoms with Crippen LogP contribution in [0.2, 0.25) is 0 Å². The maximum atomic E-state index is 12.3. The zero-order valence-corrected chi connectivity index (χ0v) is 13.5. The quantitative estimate of drug-likeness (QED) is 0.725. The topological polar surface area (TPSA) is 61.4 Å². The molecule has 1 saturated carbocycles. The molecule has 0 aromatic heterocycles. The van der Waals surface area contributed by atoms with Crippen molar-refractivity contribution >= 4 is 17.8 Å². The van der Waals surface area contributed by atoms with Gasteiger partial charge in [-0.05, 0) is 37.5 Å². The van der Waals surface area contributed by atoms with Gasteiger partial charge in [0.2, 0.25) is 0 Å². The molecule has 2 rings (SSSR count). The fourth-order valence-electron chi connectivity index (χ4n) is 2.52. The van der Waals surface area contributed by atoms with Crippen LogP contribution in [-0.2, 0) is 0 Å². The summed E-state index contributed by atoms with van der Waals surface area (Å²) < 4.78 is 0. The number of benzene rings is 1. The molecule has 2 amide bonds. The number of rotatable bonds is 7. The Morgan fingerprint density at radius 2 is 2.10 bits per heavy atom. The Bertz CT molecular complexity index is 465. The Labute approximate surface area is 130 Å². The molecule has 0 aliphatic heterocycles. The van der Waals surface area contributed by atoms with Crippen LogP contribution in [0, 0.1) is 5.92 Å². The number of thioether (sulfide) groups is 1. The van der Waals surface area contributed by atoms with Crippen molar-refractivity contribution < 1.29 is 9.90 Å². The number of hydrogen-bond acceptors (Lipinski definition) is 3. The third-order valence-corrected chi connectivity index (χ3v) is 4.71. The van der Waals surface area contributed by atoms with Crippen LogP contribution in [0.5, 0.6) is 0 Å². The van der Waals surface area contributed by atoms with Crippen molar-refractivity contribution in [3.8, 4) is 0 Å². The Hall–Kier alpha value is -1.20. The van der Waals surface area contributed by atoms with Crippen molar-refractivity contribution in [2.75, 3.05) is 18.6 Å². The second kappa shape index (κ2) is 7.18. The highest BCUT2D eigenvalue weighted by molar-refractivity contribution is 7.98. The minimum atomic E-state index is -0.509. The van der Waals surface area contributed by atoms with Gasteiger partial charge in [0.05, 0.1) is 18.2 Å². The summed E-state index contributed by atoms with van der Waals surface area (Å²) in [4.78, 5) is 12.3. The molecule has 1 aromatic rings. The summed E-state index contributed by atoms with van der Waals surface area (Å²) in [5, 5.41) is 15.5. The number of carbonyl (C=O) groups excluding carboxylic acids is 1. The predicted octanol–water partition coefficient (Wildman–Crippen LogP) is 2.55. The maximum absolute atomic E-state index is 12.3. The molecule has 3 N–H and O–H groups in total. The Morgan fingerprint density at radius 3 is 2.62 bits per heavy atom. The van der Waals surface area contributed by atoms with E-state index in [0.717, 1.165) is 24.2 Å². The summed E-state index contributed by atoms with van der Waals surface area (Å²) in [6.45, 7) is 1.89. The van der Waals surface area contributed by atoms with E-state index >= 15 is 0 Å². The van der Waals surface area contributed by atoms with Crippen LogP contribution in [0.25, 0.3) is 0 Å². The summed E-state index contributed by atoms with van der Waals surface area (Å²) in [6, 6.07) is 9.73. The minimum Gasteiger partial charge on any atom is -0.394 e. The molecule has 5 heteroatoms. The standard InChI is InChI=1S/C16H24N2O2S/c1-16(11-19,13-8-9-13)18-15(20)17-14(10-21-2)12-6-4-3-5-7-12/h3-7,13-14,19H,8-11H2,1-2H3,(H2,17,18,20)/t14-,16-/m0/s1. The van der Waals surface area contributed by atoms with E-state index in [0.29, 0.717) is 5.92 Å². The van der Waals surface area contributed by atoms with Crippen molar-refractivity contribution in [1.82, 2.24) is 10.6 Å². The highest BCUT2D eigenvalue weighted by Gasteiger charge is 2.42. The summed E-state index contributed by atoms with van der Waals surface area (Å²) in [5.41, 5.74) is 0.587. The molecule has 4 nitrogen and oxygen atoms in total. The van der Waals surface area contributed by atoms with Crippen LogP contribution >= 0.6 is 11.8 Å². The van der Waals surface area contributed by atoms with Crippen molar-refractivity contribution in [1.29, 1.82) is 0 Å². The lowest BCUT2D eigenvalue weighted by atomic mass is 9.97. The summed E-state index contributed by atoms with van der Waals surface area (Å²) in [5.74, 6) is 1.21. The van der Waals surface area contributed by atoms with Crippen molar-refractivity contribution in [2.45, 2.75) is 31.3 Å². The lowest BCUT2D eigenvalue weighted by Crippen LogP contribution is -2.54. The fourth-order valence-corrected chi connectivity index (χ4v) is 3.13. The lowest BCUT2D eigenvalue weighted by Gasteiger charge is -2.30. The van der Waals surface area contributed by atoms with Gasteiger partial charge in [0.15, 0.2) is 0 Å². The monoisotopic (exact) mass is 308 g/mol. The summed E-state index contributed by atoms with van der Waals surface area (Å²) in [6.07, 6.45) is 4.17. The molecule has 0 spiro atoms. The van der Waals surface area contributed by atoms with E-state index in [1.54, 1.807) is 11.8 Å². The van der Waals surface area contributed by atoms with E-state index in [1.165, 1.54) is 0 Å². The Morgan fingerprint density at radius 1 is 1.43 bits per heavy atom. The molecule has 0 unspecified atom stereocenters. The van der Waals surface area contributed by atoms with Gasteiger partial charge in [0.25, 0.3) is 0 Å². The van der Waals surface area contributed by atoms with Gasteiger partial charge in [-0.15, -0.1) is 0 Å². The highest BCUT2D eigenvalue weighted by Crippen LogP contribution is 2.39. The van der Waals surface area contributed by atoms with Crippen molar-refractivity contribution in [2.24, 2.45) is 5.92 Å². The zero-order valence-electron chi connectivity index (χ0n) is 12.6. The van der Waals surface area contributed by atoms with Crippen LogP contribution in [0.1, 0.15) is 31.4 Å². The first kappa shape index (κ1) is 16.2. The minimum absolute atomic E-state index is 0.0242. The van der Waals surface area contributed by atoms with E-state index in [9.17, 15) is 9.90 Å². The summed E-state index contributed by atoms with van der Waals surface area (Å²) in [7, 11) is 0. The van der Waals surface area contributed by atoms with Gasteiger partial charge in [-0.3, -0.25) is 0 Å². The second-order valence-corrected chi connectivity index (χ2v) is 6.78. The number of aliphatic hydroxyl groups is 1. The Kier molecular flexibility index (Phi) is 5.53. The molecule has 2 atom stereocenters. The molecule has 1 aliphatic rings. The maximum Gasteiger partial charge on any atom is 0.315 e. The molecule has 1 aromatic carbocycles. The predicted molar refractivity (Wildman–Crippen MR) is 87.4 cm³/mol. The van der Waals surface area contributed by atoms with Crippen LogP contribution < -0.4 is 10.6 Å². The second-order valence-electron chi connectivity index (χ2n) is 5.87. The average Bonchev–Trinajstić information content (AvgIpc) is 3.32. The molecule has 1 aliphatic carbocycles. The van der Waals surface area contributed by atoms with Crippen molar-refractivity contribution in [3.05, 3.63) is 35.9 Å². The first-order chi connectivity index (χ1) is 10.1. The van der Waals surface area contributed by atoms with Crippen LogP contribution in [0.3, 0.4) is 0 Å². The van der Waals surface area contributed by atoms with E-state index in [2.05, 4.69) is 10.6 Å². The van der Waals surface area contributed by atoms with Gasteiger partial charge >= 0.3 is 6.03 Å². The lowest BCUT2D eigenvalue weighted by molar-refractivity contribution is 0.154. The van der Waals surface area contributed by atoms with E-state index in [4.69, 9.17) is 0 Å². The SMILES string of the molecule is CSC[C@H](NC(=O)N[C@@](C)(CO)C1CC1)c1ccccc1. The van der Waals surface area contributed by atoms with E-state index in [-0.39, 0.29) is 18.7 Å². The number of carbonyl (C=O) groups is 1. The third kappa shape index (κ3) is 4.38. The largest absolute Gasteiger partial charge is 0.394 e. The van der Waals surface area contributed by atoms with Gasteiger partial charge in [-0.1, -0.05) is 30.3 Å². The molecular weight excluding hydrogens is 284 g/mol. The molecule has 0 saturated heterocycles. The number of aliphatic hydroxyl groups excluding tert-OH is 1. The van der Waals surface area contributed by atoms with Crippen molar-refractivity contribution in [3.63, 3.8) is 0 Å². The molecule has 21 heavy (non-hydrogen) atoms. The van der Waals surface area contributed by atoms with Gasteiger partial charge in [-0.2, -0.15) is 11.8 Å². The van der Waals surface area contributed by atoms with Gasteiger partial charge in [-0.25, -0.2) is 4.79 Å². The molecular formula is C16H24N2O2S. The normalized spacial score (nSPS) is 18.6. The highest BCUT2D eigenvalue weighted by atomic mass is 32.2. The first-order valence-electron chi connectivity index (χ1n) is 7.32. The fraction of sp³-hybridized carbons (Fsp3) is 0.562. The molecule has 116 valence electrons. The average molecular weight is 308 g/mol. The summed E-state index contributed by atoms with van der Waals surface area (Å²) >= 11 is 1.70. The zero-order chi connectivity index (χ0) is 15.3. The number of nitrogens with one attached hydrogen (secondary N) is 2. The van der Waals surface area contributed by atoms with E-state index < -0.39 is 5.54 Å². The number of urea groups is 1. The van der Waals surface area contributed by atoms with E-state index in [1.807, 2.05) is 43.5 Å². The Balaban J connectivity index is 1.98.